The molecule has 1 unspecified atom stereocenters. The van der Waals surface area contributed by atoms with Gasteiger partial charge in [0.25, 0.3) is 0 Å². The predicted octanol–water partition coefficient (Wildman–Crippen LogP) is 1.50. The van der Waals surface area contributed by atoms with Crippen LogP contribution in [-0.2, 0) is 0 Å². The lowest BCUT2D eigenvalue weighted by molar-refractivity contribution is 0.247. The zero-order valence-electron chi connectivity index (χ0n) is 7.98. The van der Waals surface area contributed by atoms with Crippen molar-refractivity contribution < 1.29 is 5.11 Å². The molecule has 13 heavy (non-hydrogen) atoms. The van der Waals surface area contributed by atoms with Crippen LogP contribution in [0, 0.1) is 0 Å². The first kappa shape index (κ1) is 10.2. The second-order valence-electron chi connectivity index (χ2n) is 3.27. The van der Waals surface area contributed by atoms with Gasteiger partial charge in [0.05, 0.1) is 6.61 Å². The van der Waals surface area contributed by atoms with Crippen molar-refractivity contribution in [2.45, 2.75) is 25.3 Å². The fourth-order valence-electron chi connectivity index (χ4n) is 1.61. The molecule has 0 aliphatic rings. The summed E-state index contributed by atoms with van der Waals surface area (Å²) in [5, 5.41) is 8.97. The maximum atomic E-state index is 8.97. The van der Waals surface area contributed by atoms with Crippen LogP contribution in [0.3, 0.4) is 0 Å². The Bertz CT molecular complexity index is 235. The zero-order valence-corrected chi connectivity index (χ0v) is 7.98. The van der Waals surface area contributed by atoms with Crippen molar-refractivity contribution in [1.82, 2.24) is 0 Å². The highest BCUT2D eigenvalue weighted by molar-refractivity contribution is 5.20. The predicted molar refractivity (Wildman–Crippen MR) is 54.5 cm³/mol. The Balaban J connectivity index is 2.78. The Kier molecular flexibility index (Phi) is 3.93. The first-order valence-electron chi connectivity index (χ1n) is 4.71. The normalized spacial score (nSPS) is 15.3. The van der Waals surface area contributed by atoms with Gasteiger partial charge in [0.15, 0.2) is 0 Å². The maximum absolute atomic E-state index is 8.97. The minimum atomic E-state index is -0.146. The van der Waals surface area contributed by atoms with Crippen LogP contribution in [0.25, 0.3) is 0 Å². The number of aliphatic hydroxyl groups is 1. The van der Waals surface area contributed by atoms with E-state index < -0.39 is 0 Å². The van der Waals surface area contributed by atoms with Crippen LogP contribution >= 0.6 is 0 Å². The molecule has 0 spiro atoms. The van der Waals surface area contributed by atoms with E-state index in [4.69, 9.17) is 10.8 Å². The smallest absolute Gasteiger partial charge is 0.0588 e. The standard InChI is InChI=1S/C11H17NO/c1-2-10(11(12)8-13)9-6-4-3-5-7-9/h3-7,10-11,13H,2,8,12H2,1H3/t10?,11-/m1/s1. The average Bonchev–Trinajstić information content (AvgIpc) is 2.20. The van der Waals surface area contributed by atoms with Crippen molar-refractivity contribution in [3.05, 3.63) is 35.9 Å². The van der Waals surface area contributed by atoms with E-state index in [1.54, 1.807) is 0 Å². The van der Waals surface area contributed by atoms with Gasteiger partial charge in [0, 0.05) is 12.0 Å². The van der Waals surface area contributed by atoms with Crippen LogP contribution < -0.4 is 5.73 Å². The fourth-order valence-corrected chi connectivity index (χ4v) is 1.61. The maximum Gasteiger partial charge on any atom is 0.0588 e. The number of rotatable bonds is 4. The van der Waals surface area contributed by atoms with Crippen LogP contribution in [-0.4, -0.2) is 17.8 Å². The summed E-state index contributed by atoms with van der Waals surface area (Å²) < 4.78 is 0. The minimum Gasteiger partial charge on any atom is -0.395 e. The fraction of sp³-hybridized carbons (Fsp3) is 0.455. The molecule has 0 fully saturated rings. The van der Waals surface area contributed by atoms with Gasteiger partial charge in [-0.15, -0.1) is 0 Å². The molecule has 3 N–H and O–H groups in total. The molecule has 0 saturated carbocycles. The van der Waals surface area contributed by atoms with E-state index in [9.17, 15) is 0 Å². The van der Waals surface area contributed by atoms with Gasteiger partial charge in [-0.2, -0.15) is 0 Å². The first-order chi connectivity index (χ1) is 6.29. The largest absolute Gasteiger partial charge is 0.395 e. The second kappa shape index (κ2) is 5.00. The SMILES string of the molecule is CCC(c1ccccc1)[C@H](N)CO. The molecule has 1 aromatic carbocycles. The summed E-state index contributed by atoms with van der Waals surface area (Å²) >= 11 is 0. The van der Waals surface area contributed by atoms with Crippen LogP contribution in [0.1, 0.15) is 24.8 Å². The monoisotopic (exact) mass is 179 g/mol. The molecule has 0 radical (unpaired) electrons. The molecule has 2 atom stereocenters. The Morgan fingerprint density at radius 1 is 1.31 bits per heavy atom. The lowest BCUT2D eigenvalue weighted by Crippen LogP contribution is -2.31. The Morgan fingerprint density at radius 2 is 1.92 bits per heavy atom. The molecule has 72 valence electrons. The number of benzene rings is 1. The third-order valence-electron chi connectivity index (χ3n) is 2.40. The highest BCUT2D eigenvalue weighted by Gasteiger charge is 2.16. The quantitative estimate of drug-likeness (QED) is 0.735. The molecule has 0 saturated heterocycles. The Hall–Kier alpha value is -0.860. The van der Waals surface area contributed by atoms with Crippen molar-refractivity contribution in [3.63, 3.8) is 0 Å². The van der Waals surface area contributed by atoms with Gasteiger partial charge in [-0.25, -0.2) is 0 Å². The number of hydrogen-bond donors (Lipinski definition) is 2. The summed E-state index contributed by atoms with van der Waals surface area (Å²) in [6.07, 6.45) is 0.964. The summed E-state index contributed by atoms with van der Waals surface area (Å²) in [5.41, 5.74) is 7.02. The Morgan fingerprint density at radius 3 is 2.38 bits per heavy atom. The summed E-state index contributed by atoms with van der Waals surface area (Å²) in [5.74, 6) is 0.270. The van der Waals surface area contributed by atoms with Gasteiger partial charge in [-0.3, -0.25) is 0 Å². The molecule has 2 heteroatoms. The second-order valence-corrected chi connectivity index (χ2v) is 3.27. The van der Waals surface area contributed by atoms with Crippen molar-refractivity contribution in [1.29, 1.82) is 0 Å². The summed E-state index contributed by atoms with van der Waals surface area (Å²) in [6, 6.07) is 9.96. The molecule has 1 aromatic rings. The minimum absolute atomic E-state index is 0.0490. The molecule has 0 aliphatic heterocycles. The molecule has 0 amide bonds. The van der Waals surface area contributed by atoms with Crippen LogP contribution in [0.5, 0.6) is 0 Å². The van der Waals surface area contributed by atoms with E-state index in [1.807, 2.05) is 18.2 Å². The third kappa shape index (κ3) is 2.54. The number of hydrogen-bond acceptors (Lipinski definition) is 2. The van der Waals surface area contributed by atoms with E-state index >= 15 is 0 Å². The first-order valence-corrected chi connectivity index (χ1v) is 4.71. The van der Waals surface area contributed by atoms with Crippen LogP contribution in [0.2, 0.25) is 0 Å². The zero-order chi connectivity index (χ0) is 9.68. The number of aliphatic hydroxyl groups excluding tert-OH is 1. The van der Waals surface area contributed by atoms with Gasteiger partial charge in [0.1, 0.15) is 0 Å². The lowest BCUT2D eigenvalue weighted by Gasteiger charge is -2.20. The van der Waals surface area contributed by atoms with E-state index in [-0.39, 0.29) is 18.6 Å². The van der Waals surface area contributed by atoms with Crippen molar-refractivity contribution in [3.8, 4) is 0 Å². The molecule has 0 aromatic heterocycles. The van der Waals surface area contributed by atoms with E-state index in [0.717, 1.165) is 6.42 Å². The van der Waals surface area contributed by atoms with Gasteiger partial charge < -0.3 is 10.8 Å². The topological polar surface area (TPSA) is 46.2 Å². The average molecular weight is 179 g/mol. The van der Waals surface area contributed by atoms with Crippen molar-refractivity contribution in [2.75, 3.05) is 6.61 Å². The Labute approximate surface area is 79.4 Å². The van der Waals surface area contributed by atoms with Gasteiger partial charge in [-0.1, -0.05) is 37.3 Å². The van der Waals surface area contributed by atoms with E-state index in [0.29, 0.717) is 0 Å². The lowest BCUT2D eigenvalue weighted by atomic mass is 9.90. The summed E-state index contributed by atoms with van der Waals surface area (Å²) in [7, 11) is 0. The van der Waals surface area contributed by atoms with Gasteiger partial charge >= 0.3 is 0 Å². The molecule has 0 heterocycles. The van der Waals surface area contributed by atoms with Gasteiger partial charge in [0.2, 0.25) is 0 Å². The third-order valence-corrected chi connectivity index (χ3v) is 2.40. The van der Waals surface area contributed by atoms with Crippen molar-refractivity contribution in [2.24, 2.45) is 5.73 Å². The summed E-state index contributed by atoms with van der Waals surface area (Å²) in [4.78, 5) is 0. The highest BCUT2D eigenvalue weighted by Crippen LogP contribution is 2.21. The molecular formula is C11H17NO. The summed E-state index contributed by atoms with van der Waals surface area (Å²) in [6.45, 7) is 2.14. The number of nitrogens with two attached hydrogens (primary N) is 1. The van der Waals surface area contributed by atoms with E-state index in [1.165, 1.54) is 5.56 Å². The van der Waals surface area contributed by atoms with E-state index in [2.05, 4.69) is 19.1 Å². The molecule has 0 aliphatic carbocycles. The van der Waals surface area contributed by atoms with Crippen molar-refractivity contribution >= 4 is 0 Å². The van der Waals surface area contributed by atoms with Gasteiger partial charge in [-0.05, 0) is 12.0 Å². The molecule has 2 nitrogen and oxygen atoms in total. The van der Waals surface area contributed by atoms with Crippen LogP contribution in [0.15, 0.2) is 30.3 Å². The highest BCUT2D eigenvalue weighted by atomic mass is 16.3. The molecule has 1 rings (SSSR count). The molecule has 0 bridgehead atoms. The molecular weight excluding hydrogens is 162 g/mol. The van der Waals surface area contributed by atoms with Crippen LogP contribution in [0.4, 0.5) is 0 Å².